The van der Waals surface area contributed by atoms with E-state index in [0.717, 1.165) is 17.7 Å². The van der Waals surface area contributed by atoms with Crippen molar-refractivity contribution in [1.29, 1.82) is 0 Å². The Kier molecular flexibility index (Phi) is 5.73. The zero-order chi connectivity index (χ0) is 18.6. The molecule has 0 aromatic heterocycles. The van der Waals surface area contributed by atoms with Gasteiger partial charge in [0.15, 0.2) is 0 Å². The topological polar surface area (TPSA) is 66.5 Å². The fourth-order valence-corrected chi connectivity index (χ4v) is 3.39. The predicted octanol–water partition coefficient (Wildman–Crippen LogP) is 3.13. The lowest BCUT2D eigenvalue weighted by Gasteiger charge is -2.19. The number of sulfonamides is 1. The molecule has 1 N–H and O–H groups in total. The second kappa shape index (κ2) is 7.60. The lowest BCUT2D eigenvalue weighted by atomic mass is 10.2. The Labute approximate surface area is 145 Å². The van der Waals surface area contributed by atoms with Crippen LogP contribution in [0.2, 0.25) is 0 Å². The summed E-state index contributed by atoms with van der Waals surface area (Å²) in [6, 6.07) is 8.55. The number of hydrogen-bond donors (Lipinski definition) is 1. The average Bonchev–Trinajstić information content (AvgIpc) is 2.51. The minimum absolute atomic E-state index is 0.0938. The number of halogens is 2. The van der Waals surface area contributed by atoms with Gasteiger partial charge < -0.3 is 4.90 Å². The van der Waals surface area contributed by atoms with Crippen LogP contribution in [0.25, 0.3) is 0 Å². The monoisotopic (exact) mass is 368 g/mol. The van der Waals surface area contributed by atoms with Gasteiger partial charge in [-0.05, 0) is 36.8 Å². The fourth-order valence-electron chi connectivity index (χ4n) is 2.30. The first-order valence-corrected chi connectivity index (χ1v) is 9.03. The lowest BCUT2D eigenvalue weighted by molar-refractivity contribution is -0.129. The van der Waals surface area contributed by atoms with Gasteiger partial charge in [0, 0.05) is 31.8 Å². The molecule has 0 saturated heterocycles. The van der Waals surface area contributed by atoms with E-state index in [4.69, 9.17) is 0 Å². The highest BCUT2D eigenvalue weighted by atomic mass is 32.2. The van der Waals surface area contributed by atoms with Crippen molar-refractivity contribution in [2.45, 2.75) is 25.3 Å². The molecule has 134 valence electrons. The quantitative estimate of drug-likeness (QED) is 0.852. The zero-order valence-electron chi connectivity index (χ0n) is 13.8. The molecule has 25 heavy (non-hydrogen) atoms. The second-order valence-electron chi connectivity index (χ2n) is 5.44. The van der Waals surface area contributed by atoms with Gasteiger partial charge in [-0.15, -0.1) is 0 Å². The van der Waals surface area contributed by atoms with Crippen LogP contribution in [0.1, 0.15) is 19.4 Å². The first kappa shape index (κ1) is 18.9. The number of rotatable bonds is 6. The summed E-state index contributed by atoms with van der Waals surface area (Å²) >= 11 is 0. The molecule has 0 aliphatic rings. The highest BCUT2D eigenvalue weighted by Gasteiger charge is 2.17. The van der Waals surface area contributed by atoms with Crippen LogP contribution in [0.5, 0.6) is 0 Å². The molecule has 1 amide bonds. The third-order valence-corrected chi connectivity index (χ3v) is 4.89. The van der Waals surface area contributed by atoms with Gasteiger partial charge in [0.05, 0.1) is 4.90 Å². The number of hydrogen-bond acceptors (Lipinski definition) is 3. The van der Waals surface area contributed by atoms with E-state index in [0.29, 0.717) is 19.2 Å². The Morgan fingerprint density at radius 3 is 2.32 bits per heavy atom. The Bertz CT molecular complexity index is 865. The van der Waals surface area contributed by atoms with E-state index in [1.54, 1.807) is 23.1 Å². The molecule has 0 atom stereocenters. The van der Waals surface area contributed by atoms with E-state index >= 15 is 0 Å². The summed E-state index contributed by atoms with van der Waals surface area (Å²) in [5, 5.41) is 0. The van der Waals surface area contributed by atoms with Gasteiger partial charge in [-0.1, -0.05) is 12.1 Å². The summed E-state index contributed by atoms with van der Waals surface area (Å²) in [6.07, 6.45) is 0. The Morgan fingerprint density at radius 1 is 1.12 bits per heavy atom. The van der Waals surface area contributed by atoms with E-state index in [-0.39, 0.29) is 11.6 Å². The van der Waals surface area contributed by atoms with Crippen molar-refractivity contribution >= 4 is 21.6 Å². The molecule has 0 heterocycles. The standard InChI is InChI=1S/C17H18F2N2O3S/c1-3-21(12(2)22)11-13-5-4-6-16(7-13)20-25(23,24)17-9-14(18)8-15(19)10-17/h4-10,20H,3,11H2,1-2H3. The maximum absolute atomic E-state index is 13.2. The number of carbonyl (C=O) groups is 1. The van der Waals surface area contributed by atoms with E-state index in [1.165, 1.54) is 13.0 Å². The molecule has 2 aromatic carbocycles. The lowest BCUT2D eigenvalue weighted by Crippen LogP contribution is -2.27. The van der Waals surface area contributed by atoms with E-state index in [2.05, 4.69) is 4.72 Å². The van der Waals surface area contributed by atoms with Gasteiger partial charge in [-0.3, -0.25) is 9.52 Å². The summed E-state index contributed by atoms with van der Waals surface area (Å²) in [5.41, 5.74) is 0.962. The molecular formula is C17H18F2N2O3S. The number of anilines is 1. The molecule has 5 nitrogen and oxygen atoms in total. The first-order chi connectivity index (χ1) is 11.7. The molecule has 0 aliphatic carbocycles. The zero-order valence-corrected chi connectivity index (χ0v) is 14.6. The van der Waals surface area contributed by atoms with Crippen LogP contribution in [0.4, 0.5) is 14.5 Å². The maximum atomic E-state index is 13.2. The molecule has 0 saturated carbocycles. The summed E-state index contributed by atoms with van der Waals surface area (Å²) < 4.78 is 53.4. The maximum Gasteiger partial charge on any atom is 0.262 e. The summed E-state index contributed by atoms with van der Waals surface area (Å²) in [6.45, 7) is 4.14. The second-order valence-corrected chi connectivity index (χ2v) is 7.13. The van der Waals surface area contributed by atoms with Crippen molar-refractivity contribution in [3.8, 4) is 0 Å². The molecule has 0 unspecified atom stereocenters. The molecule has 0 aliphatic heterocycles. The molecule has 2 aromatic rings. The Balaban J connectivity index is 2.25. The SMILES string of the molecule is CCN(Cc1cccc(NS(=O)(=O)c2cc(F)cc(F)c2)c1)C(C)=O. The number of carbonyl (C=O) groups excluding carboxylic acids is 1. The van der Waals surface area contributed by atoms with Gasteiger partial charge in [-0.2, -0.15) is 0 Å². The molecule has 8 heteroatoms. The van der Waals surface area contributed by atoms with Gasteiger partial charge in [0.25, 0.3) is 10.0 Å². The van der Waals surface area contributed by atoms with Crippen LogP contribution in [0, 0.1) is 11.6 Å². The Morgan fingerprint density at radius 2 is 1.76 bits per heavy atom. The number of amides is 1. The fraction of sp³-hybridized carbons (Fsp3) is 0.235. The number of nitrogens with zero attached hydrogens (tertiary/aromatic N) is 1. The molecule has 2 rings (SSSR count). The van der Waals surface area contributed by atoms with Gasteiger partial charge in [-0.25, -0.2) is 17.2 Å². The highest BCUT2D eigenvalue weighted by Crippen LogP contribution is 2.20. The van der Waals surface area contributed by atoms with Crippen molar-refractivity contribution in [1.82, 2.24) is 4.90 Å². The van der Waals surface area contributed by atoms with Crippen molar-refractivity contribution in [3.05, 3.63) is 59.7 Å². The third kappa shape index (κ3) is 4.99. The van der Waals surface area contributed by atoms with E-state index < -0.39 is 26.6 Å². The van der Waals surface area contributed by atoms with Crippen LogP contribution in [-0.2, 0) is 21.4 Å². The minimum Gasteiger partial charge on any atom is -0.339 e. The minimum atomic E-state index is -4.14. The van der Waals surface area contributed by atoms with Crippen LogP contribution in [-0.4, -0.2) is 25.8 Å². The van der Waals surface area contributed by atoms with Gasteiger partial charge >= 0.3 is 0 Å². The molecule has 0 spiro atoms. The van der Waals surface area contributed by atoms with Crippen LogP contribution in [0.3, 0.4) is 0 Å². The van der Waals surface area contributed by atoms with Gasteiger partial charge in [0.1, 0.15) is 11.6 Å². The molecular weight excluding hydrogens is 350 g/mol. The third-order valence-electron chi connectivity index (χ3n) is 3.53. The van der Waals surface area contributed by atoms with Crippen LogP contribution >= 0.6 is 0 Å². The van der Waals surface area contributed by atoms with Crippen molar-refractivity contribution in [2.24, 2.45) is 0 Å². The molecule has 0 radical (unpaired) electrons. The number of nitrogens with one attached hydrogen (secondary N) is 1. The molecule has 0 bridgehead atoms. The summed E-state index contributed by atoms with van der Waals surface area (Å²) in [7, 11) is -4.14. The first-order valence-electron chi connectivity index (χ1n) is 7.54. The van der Waals surface area contributed by atoms with Crippen LogP contribution < -0.4 is 4.72 Å². The van der Waals surface area contributed by atoms with Crippen molar-refractivity contribution in [3.63, 3.8) is 0 Å². The largest absolute Gasteiger partial charge is 0.339 e. The summed E-state index contributed by atoms with van der Waals surface area (Å²) in [5.74, 6) is -2.05. The van der Waals surface area contributed by atoms with E-state index in [9.17, 15) is 22.0 Å². The highest BCUT2D eigenvalue weighted by molar-refractivity contribution is 7.92. The smallest absolute Gasteiger partial charge is 0.262 e. The Hall–Kier alpha value is -2.48. The van der Waals surface area contributed by atoms with E-state index in [1.807, 2.05) is 6.92 Å². The average molecular weight is 368 g/mol. The van der Waals surface area contributed by atoms with Crippen molar-refractivity contribution in [2.75, 3.05) is 11.3 Å². The van der Waals surface area contributed by atoms with Gasteiger partial charge in [0.2, 0.25) is 5.91 Å². The normalized spacial score (nSPS) is 11.2. The summed E-state index contributed by atoms with van der Waals surface area (Å²) in [4.78, 5) is 12.6. The number of benzene rings is 2. The van der Waals surface area contributed by atoms with Crippen molar-refractivity contribution < 1.29 is 22.0 Å². The molecule has 0 fully saturated rings. The van der Waals surface area contributed by atoms with Crippen LogP contribution in [0.15, 0.2) is 47.4 Å². The predicted molar refractivity (Wildman–Crippen MR) is 90.4 cm³/mol.